The number of carbonyl (C=O) groups excluding carboxylic acids is 1. The van der Waals surface area contributed by atoms with Crippen molar-refractivity contribution in [1.82, 2.24) is 0 Å². The molecule has 2 aliphatic heterocycles. The second-order valence-electron chi connectivity index (χ2n) is 5.72. The van der Waals surface area contributed by atoms with E-state index in [4.69, 9.17) is 4.74 Å². The molecule has 2 atom stereocenters. The fourth-order valence-electron chi connectivity index (χ4n) is 3.00. The van der Waals surface area contributed by atoms with Gasteiger partial charge in [-0.3, -0.25) is 4.79 Å². The molecule has 0 saturated carbocycles. The Morgan fingerprint density at radius 2 is 2.30 bits per heavy atom. The molecule has 0 radical (unpaired) electrons. The van der Waals surface area contributed by atoms with E-state index in [9.17, 15) is 9.90 Å². The maximum atomic E-state index is 11.3. The summed E-state index contributed by atoms with van der Waals surface area (Å²) in [6.07, 6.45) is 5.35. The SMILES string of the molecule is O=C1Cc2cc(C(O)CCC3CCCCO3)ccc2N1. The van der Waals surface area contributed by atoms with Gasteiger partial charge < -0.3 is 15.2 Å². The van der Waals surface area contributed by atoms with Gasteiger partial charge in [-0.25, -0.2) is 0 Å². The third-order valence-electron chi connectivity index (χ3n) is 4.18. The highest BCUT2D eigenvalue weighted by Crippen LogP contribution is 2.29. The van der Waals surface area contributed by atoms with Crippen LogP contribution in [0.15, 0.2) is 18.2 Å². The summed E-state index contributed by atoms with van der Waals surface area (Å²) >= 11 is 0. The van der Waals surface area contributed by atoms with Crippen LogP contribution >= 0.6 is 0 Å². The number of benzene rings is 1. The quantitative estimate of drug-likeness (QED) is 0.888. The molecule has 3 rings (SSSR count). The van der Waals surface area contributed by atoms with Gasteiger partial charge in [0.25, 0.3) is 0 Å². The van der Waals surface area contributed by atoms with Crippen LogP contribution in [0.5, 0.6) is 0 Å². The van der Waals surface area contributed by atoms with E-state index in [2.05, 4.69) is 5.32 Å². The van der Waals surface area contributed by atoms with Crippen molar-refractivity contribution in [3.63, 3.8) is 0 Å². The molecule has 0 spiro atoms. The van der Waals surface area contributed by atoms with E-state index in [1.54, 1.807) is 0 Å². The van der Waals surface area contributed by atoms with Gasteiger partial charge >= 0.3 is 0 Å². The first-order valence-corrected chi connectivity index (χ1v) is 7.45. The van der Waals surface area contributed by atoms with Crippen LogP contribution in [0.25, 0.3) is 0 Å². The molecular weight excluding hydrogens is 254 g/mol. The van der Waals surface area contributed by atoms with Gasteiger partial charge in [0, 0.05) is 12.3 Å². The molecule has 0 aromatic heterocycles. The molecule has 4 nitrogen and oxygen atoms in total. The molecule has 1 saturated heterocycles. The molecule has 1 fully saturated rings. The number of ether oxygens (including phenoxy) is 1. The lowest BCUT2D eigenvalue weighted by Crippen LogP contribution is -2.19. The normalized spacial score (nSPS) is 23.2. The van der Waals surface area contributed by atoms with Crippen LogP contribution in [0.2, 0.25) is 0 Å². The van der Waals surface area contributed by atoms with Crippen molar-refractivity contribution in [3.8, 4) is 0 Å². The molecular formula is C16H21NO3. The van der Waals surface area contributed by atoms with Gasteiger partial charge in [-0.15, -0.1) is 0 Å². The smallest absolute Gasteiger partial charge is 0.228 e. The summed E-state index contributed by atoms with van der Waals surface area (Å²) in [5.41, 5.74) is 2.76. The highest BCUT2D eigenvalue weighted by molar-refractivity contribution is 5.99. The molecule has 1 aromatic carbocycles. The third-order valence-corrected chi connectivity index (χ3v) is 4.18. The highest BCUT2D eigenvalue weighted by Gasteiger charge is 2.20. The van der Waals surface area contributed by atoms with Crippen LogP contribution in [-0.2, 0) is 16.0 Å². The molecule has 108 valence electrons. The summed E-state index contributed by atoms with van der Waals surface area (Å²) in [5.74, 6) is 0.0299. The van der Waals surface area contributed by atoms with E-state index >= 15 is 0 Å². The van der Waals surface area contributed by atoms with E-state index in [1.165, 1.54) is 6.42 Å². The van der Waals surface area contributed by atoms with Gasteiger partial charge in [-0.2, -0.15) is 0 Å². The number of rotatable bonds is 4. The van der Waals surface area contributed by atoms with Crippen LogP contribution in [0.1, 0.15) is 49.3 Å². The first-order valence-electron chi connectivity index (χ1n) is 7.45. The van der Waals surface area contributed by atoms with E-state index in [-0.39, 0.29) is 5.91 Å². The first-order chi connectivity index (χ1) is 9.72. The number of hydrogen-bond donors (Lipinski definition) is 2. The Morgan fingerprint density at radius 3 is 3.10 bits per heavy atom. The Hall–Kier alpha value is -1.39. The van der Waals surface area contributed by atoms with Crippen LogP contribution < -0.4 is 5.32 Å². The van der Waals surface area contributed by atoms with Crippen LogP contribution in [0.3, 0.4) is 0 Å². The largest absolute Gasteiger partial charge is 0.388 e. The van der Waals surface area contributed by atoms with E-state index in [0.717, 1.165) is 42.7 Å². The summed E-state index contributed by atoms with van der Waals surface area (Å²) in [6.45, 7) is 0.855. The molecule has 2 aliphatic rings. The van der Waals surface area contributed by atoms with Gasteiger partial charge in [-0.1, -0.05) is 12.1 Å². The summed E-state index contributed by atoms with van der Waals surface area (Å²) in [5, 5.41) is 13.1. The fraction of sp³-hybridized carbons (Fsp3) is 0.562. The topological polar surface area (TPSA) is 58.6 Å². The zero-order valence-electron chi connectivity index (χ0n) is 11.6. The standard InChI is InChI=1S/C16H21NO3/c18-15(7-5-13-3-1-2-8-20-13)11-4-6-14-12(9-11)10-16(19)17-14/h4,6,9,13,15,18H,1-3,5,7-8,10H2,(H,17,19). The van der Waals surface area contributed by atoms with Gasteiger partial charge in [0.1, 0.15) is 0 Å². The van der Waals surface area contributed by atoms with E-state index < -0.39 is 6.10 Å². The van der Waals surface area contributed by atoms with Crippen molar-refractivity contribution in [2.24, 2.45) is 0 Å². The lowest BCUT2D eigenvalue weighted by Gasteiger charge is -2.23. The molecule has 0 bridgehead atoms. The highest BCUT2D eigenvalue weighted by atomic mass is 16.5. The maximum Gasteiger partial charge on any atom is 0.228 e. The fourth-order valence-corrected chi connectivity index (χ4v) is 3.00. The zero-order valence-corrected chi connectivity index (χ0v) is 11.6. The number of carbonyl (C=O) groups is 1. The maximum absolute atomic E-state index is 11.3. The Kier molecular flexibility index (Phi) is 4.03. The molecule has 1 aromatic rings. The minimum atomic E-state index is -0.471. The average molecular weight is 275 g/mol. The van der Waals surface area contributed by atoms with Crippen LogP contribution in [-0.4, -0.2) is 23.7 Å². The van der Waals surface area contributed by atoms with Crippen molar-refractivity contribution in [2.45, 2.75) is 50.7 Å². The van der Waals surface area contributed by atoms with Gasteiger partial charge in [-0.05, 0) is 49.3 Å². The second kappa shape index (κ2) is 5.94. The van der Waals surface area contributed by atoms with Crippen molar-refractivity contribution < 1.29 is 14.6 Å². The molecule has 2 unspecified atom stereocenters. The number of aliphatic hydroxyl groups is 1. The Bertz CT molecular complexity index is 494. The minimum absolute atomic E-state index is 0.0299. The number of nitrogens with one attached hydrogen (secondary N) is 1. The number of anilines is 1. The number of amides is 1. The summed E-state index contributed by atoms with van der Waals surface area (Å²) in [6, 6.07) is 5.73. The van der Waals surface area contributed by atoms with Crippen molar-refractivity contribution in [2.75, 3.05) is 11.9 Å². The molecule has 2 heterocycles. The minimum Gasteiger partial charge on any atom is -0.388 e. The predicted molar refractivity (Wildman–Crippen MR) is 76.6 cm³/mol. The zero-order chi connectivity index (χ0) is 13.9. The molecule has 0 aliphatic carbocycles. The number of hydrogen-bond acceptors (Lipinski definition) is 3. The molecule has 20 heavy (non-hydrogen) atoms. The summed E-state index contributed by atoms with van der Waals surface area (Å²) < 4.78 is 5.69. The Morgan fingerprint density at radius 1 is 1.40 bits per heavy atom. The number of aliphatic hydroxyl groups excluding tert-OH is 1. The predicted octanol–water partition coefficient (Wildman–Crippen LogP) is 2.56. The second-order valence-corrected chi connectivity index (χ2v) is 5.72. The monoisotopic (exact) mass is 275 g/mol. The first kappa shape index (κ1) is 13.6. The van der Waals surface area contributed by atoms with Crippen molar-refractivity contribution in [1.29, 1.82) is 0 Å². The van der Waals surface area contributed by atoms with E-state index in [1.807, 2.05) is 18.2 Å². The lowest BCUT2D eigenvalue weighted by atomic mass is 9.97. The molecule has 1 amide bonds. The third kappa shape index (κ3) is 3.02. The van der Waals surface area contributed by atoms with Crippen molar-refractivity contribution >= 4 is 11.6 Å². The Balaban J connectivity index is 1.58. The molecule has 2 N–H and O–H groups in total. The van der Waals surface area contributed by atoms with Gasteiger partial charge in [0.15, 0.2) is 0 Å². The summed E-state index contributed by atoms with van der Waals surface area (Å²) in [7, 11) is 0. The van der Waals surface area contributed by atoms with Crippen molar-refractivity contribution in [3.05, 3.63) is 29.3 Å². The average Bonchev–Trinajstić information content (AvgIpc) is 2.85. The number of fused-ring (bicyclic) bond motifs is 1. The van der Waals surface area contributed by atoms with E-state index in [0.29, 0.717) is 18.9 Å². The Labute approximate surface area is 119 Å². The van der Waals surface area contributed by atoms with Crippen LogP contribution in [0, 0.1) is 0 Å². The van der Waals surface area contributed by atoms with Gasteiger partial charge in [0.05, 0.1) is 18.6 Å². The summed E-state index contributed by atoms with van der Waals surface area (Å²) in [4.78, 5) is 11.3. The van der Waals surface area contributed by atoms with Crippen LogP contribution in [0.4, 0.5) is 5.69 Å². The van der Waals surface area contributed by atoms with Gasteiger partial charge in [0.2, 0.25) is 5.91 Å². The lowest BCUT2D eigenvalue weighted by molar-refractivity contribution is -0.115. The molecule has 4 heteroatoms.